The number of carbonyl (C=O) groups is 2. The van der Waals surface area contributed by atoms with Crippen LogP contribution in [0.4, 0.5) is 0 Å². The van der Waals surface area contributed by atoms with Gasteiger partial charge in [0.15, 0.2) is 0 Å². The SMILES string of the molecule is C[C@@H](NC(=O)COCC(=O)O)c1cccc(Br)c1. The summed E-state index contributed by atoms with van der Waals surface area (Å²) < 4.78 is 5.63. The number of carboxylic acids is 1. The van der Waals surface area contributed by atoms with E-state index in [0.717, 1.165) is 10.0 Å². The highest BCUT2D eigenvalue weighted by Gasteiger charge is 2.10. The molecule has 0 saturated heterocycles. The second kappa shape index (κ2) is 7.13. The number of carbonyl (C=O) groups excluding carboxylic acids is 1. The zero-order valence-electron chi connectivity index (χ0n) is 9.85. The zero-order valence-corrected chi connectivity index (χ0v) is 11.4. The molecule has 1 atom stereocenters. The van der Waals surface area contributed by atoms with Crippen LogP contribution in [0.1, 0.15) is 18.5 Å². The number of carboxylic acid groups (broad SMARTS) is 1. The number of ether oxygens (including phenoxy) is 1. The van der Waals surface area contributed by atoms with Gasteiger partial charge in [-0.2, -0.15) is 0 Å². The minimum Gasteiger partial charge on any atom is -0.480 e. The number of benzene rings is 1. The molecule has 5 nitrogen and oxygen atoms in total. The number of nitrogens with one attached hydrogen (secondary N) is 1. The summed E-state index contributed by atoms with van der Waals surface area (Å²) in [5, 5.41) is 11.1. The molecule has 18 heavy (non-hydrogen) atoms. The van der Waals surface area contributed by atoms with Crippen molar-refractivity contribution < 1.29 is 19.4 Å². The number of hydrogen-bond acceptors (Lipinski definition) is 3. The van der Waals surface area contributed by atoms with Crippen molar-refractivity contribution in [3.05, 3.63) is 34.3 Å². The predicted octanol–water partition coefficient (Wildman–Crippen LogP) is 1.73. The van der Waals surface area contributed by atoms with E-state index in [2.05, 4.69) is 21.2 Å². The maximum absolute atomic E-state index is 11.5. The fourth-order valence-electron chi connectivity index (χ4n) is 1.37. The molecule has 98 valence electrons. The Bertz CT molecular complexity index is 436. The summed E-state index contributed by atoms with van der Waals surface area (Å²) in [6, 6.07) is 7.41. The molecule has 0 saturated carbocycles. The molecule has 0 fully saturated rings. The number of amides is 1. The Morgan fingerprint density at radius 2 is 2.17 bits per heavy atom. The monoisotopic (exact) mass is 315 g/mol. The Kier molecular flexibility index (Phi) is 5.80. The van der Waals surface area contributed by atoms with E-state index in [-0.39, 0.29) is 18.6 Å². The fourth-order valence-corrected chi connectivity index (χ4v) is 1.79. The molecule has 0 bridgehead atoms. The molecule has 1 amide bonds. The summed E-state index contributed by atoms with van der Waals surface area (Å²) in [5.41, 5.74) is 0.955. The quantitative estimate of drug-likeness (QED) is 0.838. The van der Waals surface area contributed by atoms with Crippen LogP contribution in [0.5, 0.6) is 0 Å². The molecule has 0 aliphatic heterocycles. The molecule has 0 aromatic heterocycles. The molecule has 0 heterocycles. The average Bonchev–Trinajstić information content (AvgIpc) is 2.28. The van der Waals surface area contributed by atoms with Crippen molar-refractivity contribution in [2.24, 2.45) is 0 Å². The van der Waals surface area contributed by atoms with Crippen LogP contribution in [0.3, 0.4) is 0 Å². The van der Waals surface area contributed by atoms with Gasteiger partial charge in [-0.25, -0.2) is 4.79 Å². The Morgan fingerprint density at radius 1 is 1.44 bits per heavy atom. The van der Waals surface area contributed by atoms with Gasteiger partial charge in [0.25, 0.3) is 0 Å². The van der Waals surface area contributed by atoms with E-state index in [0.29, 0.717) is 0 Å². The first-order valence-corrected chi connectivity index (χ1v) is 6.12. The van der Waals surface area contributed by atoms with E-state index in [4.69, 9.17) is 9.84 Å². The minimum atomic E-state index is -1.09. The maximum Gasteiger partial charge on any atom is 0.329 e. The Labute approximate surface area is 113 Å². The van der Waals surface area contributed by atoms with E-state index in [9.17, 15) is 9.59 Å². The lowest BCUT2D eigenvalue weighted by atomic mass is 10.1. The Hall–Kier alpha value is -1.40. The summed E-state index contributed by atoms with van der Waals surface area (Å²) in [6.45, 7) is 1.11. The van der Waals surface area contributed by atoms with Crippen LogP contribution in [0.25, 0.3) is 0 Å². The van der Waals surface area contributed by atoms with Crippen LogP contribution >= 0.6 is 15.9 Å². The van der Waals surface area contributed by atoms with E-state index >= 15 is 0 Å². The van der Waals surface area contributed by atoms with Crippen molar-refractivity contribution in [2.45, 2.75) is 13.0 Å². The van der Waals surface area contributed by atoms with Crippen LogP contribution < -0.4 is 5.32 Å². The predicted molar refractivity (Wildman–Crippen MR) is 69.2 cm³/mol. The summed E-state index contributed by atoms with van der Waals surface area (Å²) in [5.74, 6) is -1.44. The highest BCUT2D eigenvalue weighted by atomic mass is 79.9. The van der Waals surface area contributed by atoms with Crippen molar-refractivity contribution in [3.63, 3.8) is 0 Å². The smallest absolute Gasteiger partial charge is 0.329 e. The van der Waals surface area contributed by atoms with Gasteiger partial charge in [-0.15, -0.1) is 0 Å². The van der Waals surface area contributed by atoms with E-state index in [1.165, 1.54) is 0 Å². The first-order chi connectivity index (χ1) is 8.49. The van der Waals surface area contributed by atoms with Crippen LogP contribution in [0.2, 0.25) is 0 Å². The lowest BCUT2D eigenvalue weighted by molar-refractivity contribution is -0.143. The summed E-state index contributed by atoms with van der Waals surface area (Å²) in [7, 11) is 0. The molecule has 1 aromatic carbocycles. The molecular formula is C12H14BrNO4. The number of rotatable bonds is 6. The third-order valence-electron chi connectivity index (χ3n) is 2.18. The lowest BCUT2D eigenvalue weighted by Crippen LogP contribution is -2.30. The van der Waals surface area contributed by atoms with Gasteiger partial charge in [0, 0.05) is 4.47 Å². The molecule has 0 aliphatic carbocycles. The minimum absolute atomic E-state index is 0.163. The molecule has 0 unspecified atom stereocenters. The van der Waals surface area contributed by atoms with Crippen LogP contribution in [-0.4, -0.2) is 30.2 Å². The molecule has 1 aromatic rings. The van der Waals surface area contributed by atoms with Crippen LogP contribution in [0.15, 0.2) is 28.7 Å². The topological polar surface area (TPSA) is 75.6 Å². The van der Waals surface area contributed by atoms with Crippen molar-refractivity contribution in [3.8, 4) is 0 Å². The molecule has 0 radical (unpaired) electrons. The van der Waals surface area contributed by atoms with E-state index in [1.54, 1.807) is 0 Å². The third-order valence-corrected chi connectivity index (χ3v) is 2.68. The first-order valence-electron chi connectivity index (χ1n) is 5.33. The zero-order chi connectivity index (χ0) is 13.5. The molecule has 0 aliphatic rings. The summed E-state index contributed by atoms with van der Waals surface area (Å²) in [4.78, 5) is 21.7. The third kappa shape index (κ3) is 5.29. The van der Waals surface area contributed by atoms with Crippen molar-refractivity contribution in [1.82, 2.24) is 5.32 Å². The second-order valence-electron chi connectivity index (χ2n) is 3.73. The number of hydrogen-bond donors (Lipinski definition) is 2. The molecule has 6 heteroatoms. The summed E-state index contributed by atoms with van der Waals surface area (Å²) in [6.07, 6.45) is 0. The first kappa shape index (κ1) is 14.7. The van der Waals surface area contributed by atoms with Crippen molar-refractivity contribution in [1.29, 1.82) is 0 Å². The van der Waals surface area contributed by atoms with Crippen molar-refractivity contribution in [2.75, 3.05) is 13.2 Å². The van der Waals surface area contributed by atoms with Gasteiger partial charge in [0.05, 0.1) is 6.04 Å². The number of aliphatic carboxylic acids is 1. The van der Waals surface area contributed by atoms with Gasteiger partial charge in [0.2, 0.25) is 5.91 Å². The summed E-state index contributed by atoms with van der Waals surface area (Å²) >= 11 is 3.35. The van der Waals surface area contributed by atoms with Gasteiger partial charge in [0.1, 0.15) is 13.2 Å². The van der Waals surface area contributed by atoms with Gasteiger partial charge < -0.3 is 15.2 Å². The molecule has 1 rings (SSSR count). The fraction of sp³-hybridized carbons (Fsp3) is 0.333. The van der Waals surface area contributed by atoms with Crippen molar-refractivity contribution >= 4 is 27.8 Å². The average molecular weight is 316 g/mol. The Morgan fingerprint density at radius 3 is 2.78 bits per heavy atom. The maximum atomic E-state index is 11.5. The van der Waals surface area contributed by atoms with Crippen LogP contribution in [0, 0.1) is 0 Å². The lowest BCUT2D eigenvalue weighted by Gasteiger charge is -2.14. The molecular weight excluding hydrogens is 302 g/mol. The van der Waals surface area contributed by atoms with E-state index < -0.39 is 12.6 Å². The largest absolute Gasteiger partial charge is 0.480 e. The van der Waals surface area contributed by atoms with Gasteiger partial charge in [-0.05, 0) is 24.6 Å². The standard InChI is InChI=1S/C12H14BrNO4/c1-8(9-3-2-4-10(13)5-9)14-11(15)6-18-7-12(16)17/h2-5,8H,6-7H2,1H3,(H,14,15)(H,16,17)/t8-/m1/s1. The Balaban J connectivity index is 2.42. The molecule has 2 N–H and O–H groups in total. The van der Waals surface area contributed by atoms with Crippen LogP contribution in [-0.2, 0) is 14.3 Å². The van der Waals surface area contributed by atoms with E-state index in [1.807, 2.05) is 31.2 Å². The highest BCUT2D eigenvalue weighted by molar-refractivity contribution is 9.10. The normalized spacial score (nSPS) is 11.9. The van der Waals surface area contributed by atoms with Gasteiger partial charge in [-0.1, -0.05) is 28.1 Å². The number of halogens is 1. The van der Waals surface area contributed by atoms with Gasteiger partial charge >= 0.3 is 5.97 Å². The highest BCUT2D eigenvalue weighted by Crippen LogP contribution is 2.17. The molecule has 0 spiro atoms. The van der Waals surface area contributed by atoms with Gasteiger partial charge in [-0.3, -0.25) is 4.79 Å². The second-order valence-corrected chi connectivity index (χ2v) is 4.65.